The number of hydrogen-bond donors (Lipinski definition) is 0. The molecule has 2 aromatic carbocycles. The zero-order chi connectivity index (χ0) is 24.9. The minimum Gasteiger partial charge on any atom is -0.497 e. The van der Waals surface area contributed by atoms with Gasteiger partial charge in [0.05, 0.1) is 13.7 Å². The number of carbonyl (C=O) groups is 1. The summed E-state index contributed by atoms with van der Waals surface area (Å²) in [6.07, 6.45) is 1.40. The van der Waals surface area contributed by atoms with Gasteiger partial charge in [0, 0.05) is 48.0 Å². The van der Waals surface area contributed by atoms with Gasteiger partial charge in [-0.1, -0.05) is 18.2 Å². The number of para-hydroxylation sites is 1. The molecule has 3 heterocycles. The van der Waals surface area contributed by atoms with Crippen molar-refractivity contribution in [1.82, 2.24) is 23.7 Å². The number of nitrogens with zero attached hydrogens (tertiary/aromatic N) is 5. The maximum Gasteiger partial charge on any atom is 0.332 e. The molecule has 0 fully saturated rings. The van der Waals surface area contributed by atoms with Crippen LogP contribution in [0, 0.1) is 6.92 Å². The molecule has 0 saturated carbocycles. The third-order valence-corrected chi connectivity index (χ3v) is 6.41. The Hall–Kier alpha value is -4.53. The van der Waals surface area contributed by atoms with Crippen molar-refractivity contribution in [2.45, 2.75) is 13.5 Å². The monoisotopic (exact) mass is 469 g/mol. The Bertz CT molecular complexity index is 1740. The van der Waals surface area contributed by atoms with E-state index in [2.05, 4.69) is 9.97 Å². The van der Waals surface area contributed by atoms with Crippen LogP contribution in [0.4, 0.5) is 0 Å². The zero-order valence-corrected chi connectivity index (χ0v) is 19.8. The number of carbonyl (C=O) groups excluding carboxylic acids is 1. The van der Waals surface area contributed by atoms with E-state index in [1.807, 2.05) is 42.8 Å². The summed E-state index contributed by atoms with van der Waals surface area (Å²) in [6, 6.07) is 14.7. The van der Waals surface area contributed by atoms with E-state index in [1.165, 1.54) is 17.8 Å². The molecule has 176 valence electrons. The third-order valence-electron chi connectivity index (χ3n) is 6.41. The van der Waals surface area contributed by atoms with Crippen molar-refractivity contribution in [2.24, 2.45) is 14.1 Å². The second kappa shape index (κ2) is 8.35. The molecule has 0 atom stereocenters. The van der Waals surface area contributed by atoms with Crippen molar-refractivity contribution in [1.29, 1.82) is 0 Å². The molecular formula is C26H23N5O4. The predicted octanol–water partition coefficient (Wildman–Crippen LogP) is 2.85. The molecule has 0 radical (unpaired) electrons. The summed E-state index contributed by atoms with van der Waals surface area (Å²) in [7, 11) is 4.99. The number of aryl methyl sites for hydroxylation is 2. The molecule has 0 unspecified atom stereocenters. The van der Waals surface area contributed by atoms with E-state index in [9.17, 15) is 14.4 Å². The van der Waals surface area contributed by atoms with Crippen molar-refractivity contribution in [3.8, 4) is 17.1 Å². The predicted molar refractivity (Wildman–Crippen MR) is 133 cm³/mol. The lowest BCUT2D eigenvalue weighted by molar-refractivity contribution is 0.0969. The topological polar surface area (TPSA) is 101 Å². The van der Waals surface area contributed by atoms with Crippen LogP contribution in [-0.2, 0) is 20.6 Å². The van der Waals surface area contributed by atoms with Gasteiger partial charge in [-0.3, -0.25) is 18.7 Å². The molecule has 0 aliphatic carbocycles. The van der Waals surface area contributed by atoms with Crippen molar-refractivity contribution < 1.29 is 9.53 Å². The lowest BCUT2D eigenvalue weighted by atomic mass is 10.1. The largest absolute Gasteiger partial charge is 0.497 e. The fraction of sp³-hybridized carbons (Fsp3) is 0.192. The number of Topliss-reactive ketones (excluding diaryl/α,β-unsaturated/α-hetero) is 1. The lowest BCUT2D eigenvalue weighted by Crippen LogP contribution is -2.41. The summed E-state index contributed by atoms with van der Waals surface area (Å²) in [6.45, 7) is 1.47. The van der Waals surface area contributed by atoms with Crippen LogP contribution in [0.2, 0.25) is 0 Å². The number of ketones is 1. The first kappa shape index (κ1) is 22.3. The summed E-state index contributed by atoms with van der Waals surface area (Å²) in [5, 5.41) is 0.947. The molecule has 5 aromatic rings. The van der Waals surface area contributed by atoms with Crippen molar-refractivity contribution in [3.05, 3.63) is 86.8 Å². The minimum atomic E-state index is -0.617. The molecule has 0 aliphatic heterocycles. The van der Waals surface area contributed by atoms with Crippen LogP contribution < -0.4 is 16.0 Å². The molecule has 35 heavy (non-hydrogen) atoms. The SMILES string of the molecule is COc1ccc(-c2ncc3c(=O)n(CC(=O)c4c(C)n(C)c5ccccc45)c(=O)n(C)c3n2)cc1. The van der Waals surface area contributed by atoms with Crippen LogP contribution in [0.15, 0.2) is 64.3 Å². The minimum absolute atomic E-state index is 0.159. The van der Waals surface area contributed by atoms with Crippen LogP contribution in [0.5, 0.6) is 5.75 Å². The highest BCUT2D eigenvalue weighted by Crippen LogP contribution is 2.25. The van der Waals surface area contributed by atoms with E-state index in [4.69, 9.17) is 4.74 Å². The Morgan fingerprint density at radius 2 is 1.69 bits per heavy atom. The first-order valence-corrected chi connectivity index (χ1v) is 11.0. The summed E-state index contributed by atoms with van der Waals surface area (Å²) >= 11 is 0. The maximum atomic E-state index is 13.3. The van der Waals surface area contributed by atoms with Gasteiger partial charge in [0.15, 0.2) is 17.3 Å². The Kier molecular flexibility index (Phi) is 5.32. The van der Waals surface area contributed by atoms with Crippen LogP contribution in [0.3, 0.4) is 0 Å². The molecule has 3 aromatic heterocycles. The van der Waals surface area contributed by atoms with Crippen LogP contribution in [0.1, 0.15) is 16.1 Å². The van der Waals surface area contributed by atoms with Gasteiger partial charge in [0.25, 0.3) is 5.56 Å². The number of rotatable bonds is 5. The van der Waals surface area contributed by atoms with Gasteiger partial charge in [0.2, 0.25) is 0 Å². The molecule has 0 bridgehead atoms. The zero-order valence-electron chi connectivity index (χ0n) is 19.8. The van der Waals surface area contributed by atoms with Gasteiger partial charge in [-0.25, -0.2) is 14.8 Å². The molecule has 0 aliphatic rings. The summed E-state index contributed by atoms with van der Waals surface area (Å²) in [5.41, 5.74) is 1.88. The van der Waals surface area contributed by atoms with Crippen LogP contribution in [0.25, 0.3) is 33.3 Å². The third kappa shape index (κ3) is 3.52. The van der Waals surface area contributed by atoms with Crippen molar-refractivity contribution in [3.63, 3.8) is 0 Å². The van der Waals surface area contributed by atoms with E-state index >= 15 is 0 Å². The first-order chi connectivity index (χ1) is 16.8. The van der Waals surface area contributed by atoms with Gasteiger partial charge in [-0.15, -0.1) is 0 Å². The average Bonchev–Trinajstić information content (AvgIpc) is 3.14. The number of aromatic nitrogens is 5. The van der Waals surface area contributed by atoms with E-state index in [-0.39, 0.29) is 23.4 Å². The molecular weight excluding hydrogens is 446 g/mol. The Balaban J connectivity index is 1.59. The van der Waals surface area contributed by atoms with E-state index in [0.29, 0.717) is 22.7 Å². The maximum absolute atomic E-state index is 13.3. The average molecular weight is 470 g/mol. The van der Waals surface area contributed by atoms with Crippen LogP contribution in [-0.4, -0.2) is 36.6 Å². The summed E-state index contributed by atoms with van der Waals surface area (Å²) in [5.74, 6) is 0.749. The fourth-order valence-electron chi connectivity index (χ4n) is 4.40. The Morgan fingerprint density at radius 1 is 0.971 bits per heavy atom. The standard InChI is InChI=1S/C26H23N5O4/c1-15-22(18-7-5-6-8-20(18)29(15)2)21(32)14-31-25(33)19-13-27-23(28-24(19)30(3)26(31)34)16-9-11-17(35-4)12-10-16/h5-13H,14H2,1-4H3. The molecule has 9 nitrogen and oxygen atoms in total. The molecule has 0 spiro atoms. The fourth-order valence-corrected chi connectivity index (χ4v) is 4.40. The molecule has 0 saturated heterocycles. The number of fused-ring (bicyclic) bond motifs is 2. The summed E-state index contributed by atoms with van der Waals surface area (Å²) in [4.78, 5) is 48.5. The second-order valence-electron chi connectivity index (χ2n) is 8.35. The number of ether oxygens (including phenoxy) is 1. The van der Waals surface area contributed by atoms with E-state index < -0.39 is 11.2 Å². The second-order valence-corrected chi connectivity index (χ2v) is 8.35. The number of benzene rings is 2. The van der Waals surface area contributed by atoms with Gasteiger partial charge < -0.3 is 9.30 Å². The van der Waals surface area contributed by atoms with Gasteiger partial charge in [-0.05, 0) is 37.3 Å². The highest BCUT2D eigenvalue weighted by atomic mass is 16.5. The molecule has 0 N–H and O–H groups in total. The Morgan fingerprint density at radius 3 is 2.40 bits per heavy atom. The van der Waals surface area contributed by atoms with Crippen molar-refractivity contribution in [2.75, 3.05) is 7.11 Å². The quantitative estimate of drug-likeness (QED) is 0.367. The van der Waals surface area contributed by atoms with E-state index in [0.717, 1.165) is 21.2 Å². The smallest absolute Gasteiger partial charge is 0.332 e. The van der Waals surface area contributed by atoms with Crippen molar-refractivity contribution >= 4 is 27.7 Å². The van der Waals surface area contributed by atoms with Crippen LogP contribution >= 0.6 is 0 Å². The van der Waals surface area contributed by atoms with Gasteiger partial charge >= 0.3 is 5.69 Å². The van der Waals surface area contributed by atoms with E-state index in [1.54, 1.807) is 31.4 Å². The highest BCUT2D eigenvalue weighted by Gasteiger charge is 2.22. The lowest BCUT2D eigenvalue weighted by Gasteiger charge is -2.11. The molecule has 0 amide bonds. The molecule has 5 rings (SSSR count). The first-order valence-electron chi connectivity index (χ1n) is 11.0. The van der Waals surface area contributed by atoms with Gasteiger partial charge in [0.1, 0.15) is 11.1 Å². The molecule has 9 heteroatoms. The summed E-state index contributed by atoms with van der Waals surface area (Å²) < 4.78 is 9.32. The normalized spacial score (nSPS) is 11.3. The van der Waals surface area contributed by atoms with Gasteiger partial charge in [-0.2, -0.15) is 0 Å². The number of methoxy groups -OCH3 is 1. The Labute approximate surface area is 199 Å². The number of hydrogen-bond acceptors (Lipinski definition) is 6. The highest BCUT2D eigenvalue weighted by molar-refractivity contribution is 6.09.